The predicted octanol–water partition coefficient (Wildman–Crippen LogP) is 2.99. The third-order valence-electron chi connectivity index (χ3n) is 2.79. The molecular formula is C13H15ClN2O. The molecule has 3 N–H and O–H groups in total. The van der Waals surface area contributed by atoms with Gasteiger partial charge in [0.05, 0.1) is 12.3 Å². The van der Waals surface area contributed by atoms with Crippen LogP contribution in [0.15, 0.2) is 41.0 Å². The van der Waals surface area contributed by atoms with Crippen LogP contribution in [0.5, 0.6) is 0 Å². The second kappa shape index (κ2) is 5.36. The number of halogens is 1. The highest BCUT2D eigenvalue weighted by atomic mass is 35.5. The lowest BCUT2D eigenvalue weighted by Gasteiger charge is -2.17. The van der Waals surface area contributed by atoms with Crippen LogP contribution in [0.25, 0.3) is 0 Å². The molecule has 0 spiro atoms. The quantitative estimate of drug-likeness (QED) is 0.648. The van der Waals surface area contributed by atoms with Gasteiger partial charge in [-0.05, 0) is 42.3 Å². The monoisotopic (exact) mass is 250 g/mol. The highest BCUT2D eigenvalue weighted by Gasteiger charge is 2.14. The van der Waals surface area contributed by atoms with E-state index in [0.29, 0.717) is 6.42 Å². The van der Waals surface area contributed by atoms with E-state index >= 15 is 0 Å². The summed E-state index contributed by atoms with van der Waals surface area (Å²) in [7, 11) is 0. The van der Waals surface area contributed by atoms with Gasteiger partial charge in [-0.2, -0.15) is 0 Å². The zero-order chi connectivity index (χ0) is 12.3. The Hall–Kier alpha value is -1.29. The number of hydrogen-bond acceptors (Lipinski definition) is 3. The van der Waals surface area contributed by atoms with Gasteiger partial charge in [-0.25, -0.2) is 0 Å². The Kier molecular flexibility index (Phi) is 3.84. The molecule has 4 heteroatoms. The molecule has 3 nitrogen and oxygen atoms in total. The standard InChI is InChI=1S/C13H15ClN2O/c1-9-7-10(14)4-5-12(9)13(16-15)8-11-3-2-6-17-11/h2-7,13,16H,8,15H2,1H3. The van der Waals surface area contributed by atoms with Gasteiger partial charge in [-0.15, -0.1) is 0 Å². The van der Waals surface area contributed by atoms with Gasteiger partial charge in [0.25, 0.3) is 0 Å². The first-order chi connectivity index (χ1) is 8.20. The van der Waals surface area contributed by atoms with Crippen molar-refractivity contribution in [1.82, 2.24) is 5.43 Å². The summed E-state index contributed by atoms with van der Waals surface area (Å²) in [5.74, 6) is 6.51. The first kappa shape index (κ1) is 12.2. The maximum atomic E-state index is 5.94. The van der Waals surface area contributed by atoms with Crippen LogP contribution >= 0.6 is 11.6 Å². The number of benzene rings is 1. The third-order valence-corrected chi connectivity index (χ3v) is 3.03. The molecule has 1 aromatic heterocycles. The molecular weight excluding hydrogens is 236 g/mol. The van der Waals surface area contributed by atoms with E-state index in [-0.39, 0.29) is 6.04 Å². The zero-order valence-corrected chi connectivity index (χ0v) is 10.4. The van der Waals surface area contributed by atoms with E-state index < -0.39 is 0 Å². The van der Waals surface area contributed by atoms with E-state index in [9.17, 15) is 0 Å². The molecule has 0 aliphatic rings. The van der Waals surface area contributed by atoms with E-state index in [1.54, 1.807) is 6.26 Å². The van der Waals surface area contributed by atoms with Crippen molar-refractivity contribution in [2.75, 3.05) is 0 Å². The van der Waals surface area contributed by atoms with Crippen molar-refractivity contribution in [2.24, 2.45) is 5.84 Å². The van der Waals surface area contributed by atoms with E-state index in [1.165, 1.54) is 0 Å². The summed E-state index contributed by atoms with van der Waals surface area (Å²) in [6.07, 6.45) is 2.38. The van der Waals surface area contributed by atoms with Crippen molar-refractivity contribution in [2.45, 2.75) is 19.4 Å². The number of hydrogen-bond donors (Lipinski definition) is 2. The van der Waals surface area contributed by atoms with Gasteiger partial charge < -0.3 is 4.42 Å². The molecule has 1 unspecified atom stereocenters. The molecule has 0 amide bonds. The summed E-state index contributed by atoms with van der Waals surface area (Å²) in [6.45, 7) is 2.02. The first-order valence-corrected chi connectivity index (χ1v) is 5.83. The number of nitrogens with two attached hydrogens (primary N) is 1. The summed E-state index contributed by atoms with van der Waals surface area (Å²) >= 11 is 5.94. The summed E-state index contributed by atoms with van der Waals surface area (Å²) in [6, 6.07) is 9.64. The lowest BCUT2D eigenvalue weighted by molar-refractivity contribution is 0.454. The minimum absolute atomic E-state index is 0.0263. The fourth-order valence-corrected chi connectivity index (χ4v) is 2.15. The zero-order valence-electron chi connectivity index (χ0n) is 9.61. The number of rotatable bonds is 4. The van der Waals surface area contributed by atoms with E-state index in [2.05, 4.69) is 5.43 Å². The second-order valence-corrected chi connectivity index (χ2v) is 4.44. The molecule has 0 fully saturated rings. The average Bonchev–Trinajstić information content (AvgIpc) is 2.79. The van der Waals surface area contributed by atoms with Crippen molar-refractivity contribution in [3.63, 3.8) is 0 Å². The van der Waals surface area contributed by atoms with Gasteiger partial charge in [0.15, 0.2) is 0 Å². The Morgan fingerprint density at radius 2 is 2.24 bits per heavy atom. The Morgan fingerprint density at radius 3 is 2.82 bits per heavy atom. The lowest BCUT2D eigenvalue weighted by Crippen LogP contribution is -2.30. The Labute approximate surface area is 106 Å². The molecule has 90 valence electrons. The predicted molar refractivity (Wildman–Crippen MR) is 68.7 cm³/mol. The highest BCUT2D eigenvalue weighted by molar-refractivity contribution is 6.30. The maximum Gasteiger partial charge on any atom is 0.105 e. The van der Waals surface area contributed by atoms with Crippen LogP contribution in [0.3, 0.4) is 0 Å². The molecule has 0 saturated heterocycles. The van der Waals surface area contributed by atoms with Crippen LogP contribution in [0.2, 0.25) is 5.02 Å². The van der Waals surface area contributed by atoms with Gasteiger partial charge in [0.1, 0.15) is 5.76 Å². The SMILES string of the molecule is Cc1cc(Cl)ccc1C(Cc1ccco1)NN. The van der Waals surface area contributed by atoms with E-state index in [0.717, 1.165) is 21.9 Å². The fourth-order valence-electron chi connectivity index (χ4n) is 1.92. The molecule has 1 heterocycles. The van der Waals surface area contributed by atoms with Crippen molar-refractivity contribution < 1.29 is 4.42 Å². The van der Waals surface area contributed by atoms with Crippen LogP contribution < -0.4 is 11.3 Å². The van der Waals surface area contributed by atoms with Gasteiger partial charge in [0, 0.05) is 11.4 Å². The van der Waals surface area contributed by atoms with Gasteiger partial charge in [0.2, 0.25) is 0 Å². The van der Waals surface area contributed by atoms with Gasteiger partial charge in [-0.1, -0.05) is 17.7 Å². The summed E-state index contributed by atoms with van der Waals surface area (Å²) < 4.78 is 5.33. The second-order valence-electron chi connectivity index (χ2n) is 4.00. The molecule has 1 aromatic carbocycles. The minimum atomic E-state index is 0.0263. The lowest BCUT2D eigenvalue weighted by atomic mass is 9.98. The molecule has 17 heavy (non-hydrogen) atoms. The Morgan fingerprint density at radius 1 is 1.41 bits per heavy atom. The largest absolute Gasteiger partial charge is 0.469 e. The van der Waals surface area contributed by atoms with Crippen LogP contribution in [-0.4, -0.2) is 0 Å². The molecule has 2 aromatic rings. The molecule has 0 saturated carbocycles. The fraction of sp³-hybridized carbons (Fsp3) is 0.231. The topological polar surface area (TPSA) is 51.2 Å². The summed E-state index contributed by atoms with van der Waals surface area (Å²) in [5, 5.41) is 0.736. The van der Waals surface area contributed by atoms with E-state index in [4.69, 9.17) is 21.9 Å². The van der Waals surface area contributed by atoms with Gasteiger partial charge in [-0.3, -0.25) is 11.3 Å². The molecule has 0 aliphatic heterocycles. The molecule has 0 bridgehead atoms. The van der Waals surface area contributed by atoms with Crippen molar-refractivity contribution >= 4 is 11.6 Å². The van der Waals surface area contributed by atoms with Crippen LogP contribution in [-0.2, 0) is 6.42 Å². The molecule has 0 aliphatic carbocycles. The molecule has 0 radical (unpaired) electrons. The van der Waals surface area contributed by atoms with Crippen molar-refractivity contribution in [3.8, 4) is 0 Å². The van der Waals surface area contributed by atoms with Crippen LogP contribution in [0, 0.1) is 6.92 Å². The van der Waals surface area contributed by atoms with Crippen molar-refractivity contribution in [1.29, 1.82) is 0 Å². The van der Waals surface area contributed by atoms with E-state index in [1.807, 2.05) is 37.3 Å². The Balaban J connectivity index is 2.23. The third kappa shape index (κ3) is 2.88. The van der Waals surface area contributed by atoms with Crippen molar-refractivity contribution in [3.05, 3.63) is 58.5 Å². The molecule has 2 rings (SSSR count). The normalized spacial score (nSPS) is 12.6. The Bertz CT molecular complexity index is 482. The summed E-state index contributed by atoms with van der Waals surface area (Å²) in [4.78, 5) is 0. The summed E-state index contributed by atoms with van der Waals surface area (Å²) in [5.41, 5.74) is 5.06. The number of nitrogens with one attached hydrogen (secondary N) is 1. The minimum Gasteiger partial charge on any atom is -0.469 e. The first-order valence-electron chi connectivity index (χ1n) is 5.45. The van der Waals surface area contributed by atoms with Crippen LogP contribution in [0.4, 0.5) is 0 Å². The smallest absolute Gasteiger partial charge is 0.105 e. The maximum absolute atomic E-state index is 5.94. The average molecular weight is 251 g/mol. The number of hydrazine groups is 1. The van der Waals surface area contributed by atoms with Gasteiger partial charge >= 0.3 is 0 Å². The number of furan rings is 1. The molecule has 1 atom stereocenters. The number of aryl methyl sites for hydroxylation is 1. The van der Waals surface area contributed by atoms with Crippen LogP contribution in [0.1, 0.15) is 22.9 Å². The highest BCUT2D eigenvalue weighted by Crippen LogP contribution is 2.24.